The van der Waals surface area contributed by atoms with E-state index in [2.05, 4.69) is 4.72 Å². The maximum absolute atomic E-state index is 12.3. The van der Waals surface area contributed by atoms with Crippen LogP contribution in [0.2, 0.25) is 0 Å². The monoisotopic (exact) mass is 311 g/mol. The smallest absolute Gasteiger partial charge is 0.322 e. The molecule has 1 saturated carbocycles. The third-order valence-corrected chi connectivity index (χ3v) is 5.84. The minimum absolute atomic E-state index is 0.155. The largest absolute Gasteiger partial charge is 0.480 e. The number of sulfonamides is 1. The number of hydrogen-bond acceptors (Lipinski definition) is 3. The molecule has 6 heteroatoms. The van der Waals surface area contributed by atoms with Crippen LogP contribution >= 0.6 is 0 Å². The molecule has 0 heterocycles. The molecule has 2 N–H and O–H groups in total. The SMILES string of the molecule is O=C(O)[C@H](Cc1ccccc1)NS(=O)(=O)C1CCCCC1. The first kappa shape index (κ1) is 16.0. The highest BCUT2D eigenvalue weighted by atomic mass is 32.2. The molecule has 1 aliphatic rings. The van der Waals surface area contributed by atoms with E-state index in [0.717, 1.165) is 24.8 Å². The Bertz CT molecular complexity index is 565. The predicted molar refractivity (Wildman–Crippen MR) is 80.5 cm³/mol. The Morgan fingerprint density at radius 2 is 1.81 bits per heavy atom. The summed E-state index contributed by atoms with van der Waals surface area (Å²) in [5.41, 5.74) is 0.802. The molecule has 5 nitrogen and oxygen atoms in total. The molecule has 1 atom stereocenters. The molecule has 0 aliphatic heterocycles. The number of carbonyl (C=O) groups is 1. The summed E-state index contributed by atoms with van der Waals surface area (Å²) in [5.74, 6) is -1.14. The zero-order valence-electron chi connectivity index (χ0n) is 11.9. The number of carboxylic acid groups (broad SMARTS) is 1. The lowest BCUT2D eigenvalue weighted by Crippen LogP contribution is -2.46. The lowest BCUT2D eigenvalue weighted by molar-refractivity contribution is -0.138. The second-order valence-electron chi connectivity index (χ2n) is 5.50. The lowest BCUT2D eigenvalue weighted by Gasteiger charge is -2.24. The van der Waals surface area contributed by atoms with Gasteiger partial charge in [-0.25, -0.2) is 13.1 Å². The van der Waals surface area contributed by atoms with Crippen molar-refractivity contribution < 1.29 is 18.3 Å². The maximum atomic E-state index is 12.3. The van der Waals surface area contributed by atoms with E-state index in [1.807, 2.05) is 18.2 Å². The Morgan fingerprint density at radius 1 is 1.19 bits per heavy atom. The average Bonchev–Trinajstić information content (AvgIpc) is 2.48. The summed E-state index contributed by atoms with van der Waals surface area (Å²) in [5, 5.41) is 8.81. The summed E-state index contributed by atoms with van der Waals surface area (Å²) in [7, 11) is -3.58. The molecule has 2 rings (SSSR count). The minimum Gasteiger partial charge on any atom is -0.480 e. The fourth-order valence-electron chi connectivity index (χ4n) is 2.70. The number of hydrogen-bond donors (Lipinski definition) is 2. The van der Waals surface area contributed by atoms with Crippen molar-refractivity contribution in [1.82, 2.24) is 4.72 Å². The number of rotatable bonds is 6. The highest BCUT2D eigenvalue weighted by molar-refractivity contribution is 7.90. The van der Waals surface area contributed by atoms with Gasteiger partial charge in [0.25, 0.3) is 0 Å². The van der Waals surface area contributed by atoms with E-state index >= 15 is 0 Å². The van der Waals surface area contributed by atoms with Gasteiger partial charge in [-0.15, -0.1) is 0 Å². The van der Waals surface area contributed by atoms with Crippen molar-refractivity contribution >= 4 is 16.0 Å². The van der Waals surface area contributed by atoms with Crippen molar-refractivity contribution in [2.75, 3.05) is 0 Å². The molecule has 21 heavy (non-hydrogen) atoms. The van der Waals surface area contributed by atoms with Crippen LogP contribution in [-0.2, 0) is 21.2 Å². The highest BCUT2D eigenvalue weighted by Gasteiger charge is 2.31. The summed E-state index contributed by atoms with van der Waals surface area (Å²) in [4.78, 5) is 11.3. The molecule has 0 spiro atoms. The van der Waals surface area contributed by atoms with Crippen molar-refractivity contribution in [2.45, 2.75) is 49.8 Å². The molecule has 1 fully saturated rings. The van der Waals surface area contributed by atoms with Crippen LogP contribution in [0.15, 0.2) is 30.3 Å². The number of carboxylic acids is 1. The lowest BCUT2D eigenvalue weighted by atomic mass is 10.0. The first-order valence-electron chi connectivity index (χ1n) is 7.27. The zero-order chi connectivity index (χ0) is 15.3. The number of nitrogens with one attached hydrogen (secondary N) is 1. The molecule has 0 saturated heterocycles. The van der Waals surface area contributed by atoms with Gasteiger partial charge in [-0.2, -0.15) is 0 Å². The van der Waals surface area contributed by atoms with Crippen LogP contribution < -0.4 is 4.72 Å². The number of aliphatic carboxylic acids is 1. The standard InChI is InChI=1S/C15H21NO4S/c17-15(18)14(11-12-7-3-1-4-8-12)16-21(19,20)13-9-5-2-6-10-13/h1,3-4,7-8,13-14,16H,2,5-6,9-11H2,(H,17,18)/t14-/m0/s1. The van der Waals surface area contributed by atoms with E-state index in [1.165, 1.54) is 0 Å². The Balaban J connectivity index is 2.07. The fraction of sp³-hybridized carbons (Fsp3) is 0.533. The van der Waals surface area contributed by atoms with Gasteiger partial charge in [0.1, 0.15) is 6.04 Å². The average molecular weight is 311 g/mol. The van der Waals surface area contributed by atoms with Crippen molar-refractivity contribution in [2.24, 2.45) is 0 Å². The first-order valence-corrected chi connectivity index (χ1v) is 8.81. The van der Waals surface area contributed by atoms with E-state index in [-0.39, 0.29) is 6.42 Å². The Labute approximate surface area is 125 Å². The first-order chi connectivity index (χ1) is 9.99. The second kappa shape index (κ2) is 7.04. The van der Waals surface area contributed by atoms with E-state index < -0.39 is 27.3 Å². The molecule has 116 valence electrons. The summed E-state index contributed by atoms with van der Waals surface area (Å²) in [6, 6.07) is 7.94. The van der Waals surface area contributed by atoms with Crippen LogP contribution in [0, 0.1) is 0 Å². The molecular formula is C15H21NO4S. The van der Waals surface area contributed by atoms with Crippen molar-refractivity contribution in [3.63, 3.8) is 0 Å². The van der Waals surface area contributed by atoms with Gasteiger partial charge in [-0.05, 0) is 24.8 Å². The van der Waals surface area contributed by atoms with Crippen molar-refractivity contribution in [3.8, 4) is 0 Å². The molecule has 1 aliphatic carbocycles. The third-order valence-electron chi connectivity index (χ3n) is 3.88. The number of benzene rings is 1. The van der Waals surface area contributed by atoms with Gasteiger partial charge >= 0.3 is 5.97 Å². The van der Waals surface area contributed by atoms with Crippen LogP contribution in [0.4, 0.5) is 0 Å². The summed E-state index contributed by atoms with van der Waals surface area (Å²) in [6.45, 7) is 0. The van der Waals surface area contributed by atoms with Crippen LogP contribution in [0.5, 0.6) is 0 Å². The van der Waals surface area contributed by atoms with E-state index in [0.29, 0.717) is 12.8 Å². The Kier molecular flexibility index (Phi) is 5.36. The fourth-order valence-corrected chi connectivity index (χ4v) is 4.43. The molecule has 0 radical (unpaired) electrons. The topological polar surface area (TPSA) is 83.5 Å². The second-order valence-corrected chi connectivity index (χ2v) is 7.50. The van der Waals surface area contributed by atoms with Crippen LogP contribution in [0.3, 0.4) is 0 Å². The van der Waals surface area contributed by atoms with Gasteiger partial charge in [0.2, 0.25) is 10.0 Å². The summed E-state index contributed by atoms with van der Waals surface area (Å²) < 4.78 is 27.0. The van der Waals surface area contributed by atoms with Gasteiger partial charge in [0.15, 0.2) is 0 Å². The maximum Gasteiger partial charge on any atom is 0.322 e. The Hall–Kier alpha value is -1.40. The van der Waals surface area contributed by atoms with E-state index in [4.69, 9.17) is 0 Å². The molecule has 0 unspecified atom stereocenters. The molecule has 0 amide bonds. The predicted octanol–water partition coefficient (Wildman–Crippen LogP) is 1.93. The van der Waals surface area contributed by atoms with Crippen LogP contribution in [0.25, 0.3) is 0 Å². The molecule has 0 aromatic heterocycles. The van der Waals surface area contributed by atoms with Crippen molar-refractivity contribution in [3.05, 3.63) is 35.9 Å². The highest BCUT2D eigenvalue weighted by Crippen LogP contribution is 2.23. The van der Waals surface area contributed by atoms with Gasteiger partial charge in [-0.1, -0.05) is 49.6 Å². The van der Waals surface area contributed by atoms with Crippen molar-refractivity contribution in [1.29, 1.82) is 0 Å². The van der Waals surface area contributed by atoms with E-state index in [1.54, 1.807) is 12.1 Å². The molecular weight excluding hydrogens is 290 g/mol. The minimum atomic E-state index is -3.58. The van der Waals surface area contributed by atoms with Crippen LogP contribution in [-0.4, -0.2) is 30.8 Å². The quantitative estimate of drug-likeness (QED) is 0.841. The molecule has 1 aromatic carbocycles. The van der Waals surface area contributed by atoms with Gasteiger partial charge in [-0.3, -0.25) is 4.79 Å². The van der Waals surface area contributed by atoms with Crippen LogP contribution in [0.1, 0.15) is 37.7 Å². The third kappa shape index (κ3) is 4.54. The Morgan fingerprint density at radius 3 is 2.38 bits per heavy atom. The zero-order valence-corrected chi connectivity index (χ0v) is 12.7. The molecule has 1 aromatic rings. The van der Waals surface area contributed by atoms with Gasteiger partial charge < -0.3 is 5.11 Å². The van der Waals surface area contributed by atoms with E-state index in [9.17, 15) is 18.3 Å². The van der Waals surface area contributed by atoms with Gasteiger partial charge in [0.05, 0.1) is 5.25 Å². The molecule has 0 bridgehead atoms. The normalized spacial score (nSPS) is 18.3. The summed E-state index contributed by atoms with van der Waals surface area (Å²) in [6.07, 6.45) is 4.23. The summed E-state index contributed by atoms with van der Waals surface area (Å²) >= 11 is 0. The van der Waals surface area contributed by atoms with Gasteiger partial charge in [0, 0.05) is 0 Å².